The Morgan fingerprint density at radius 2 is 0.969 bits per heavy atom. The average Bonchev–Trinajstić information content (AvgIpc) is 2.64. The molecule has 0 aromatic heterocycles. The number of hydrogen-bond acceptors (Lipinski definition) is 8. The van der Waals surface area contributed by atoms with Crippen LogP contribution >= 0.6 is 47.5 Å². The van der Waals surface area contributed by atoms with E-state index in [0.29, 0.717) is 35.3 Å². The summed E-state index contributed by atoms with van der Waals surface area (Å²) in [6.45, 7) is 7.41. The molecule has 1 aliphatic carbocycles. The molecule has 0 saturated heterocycles. The zero-order valence-corrected chi connectivity index (χ0v) is 23.3. The van der Waals surface area contributed by atoms with Gasteiger partial charge < -0.3 is 4.74 Å². The van der Waals surface area contributed by atoms with Gasteiger partial charge in [0.25, 0.3) is 0 Å². The van der Waals surface area contributed by atoms with Crippen molar-refractivity contribution in [2.45, 2.75) is 79.1 Å². The van der Waals surface area contributed by atoms with E-state index in [1.54, 1.807) is 20.8 Å². The molecule has 0 spiro atoms. The second-order valence-electron chi connectivity index (χ2n) is 8.92. The average molecular weight is 521 g/mol. The van der Waals surface area contributed by atoms with Crippen molar-refractivity contribution in [1.29, 1.82) is 0 Å². The van der Waals surface area contributed by atoms with Crippen LogP contribution < -0.4 is 0 Å². The Morgan fingerprint density at radius 1 is 0.656 bits per heavy atom. The van der Waals surface area contributed by atoms with E-state index in [-0.39, 0.29) is 15.3 Å². The highest BCUT2D eigenvalue weighted by Crippen LogP contribution is 2.40. The Morgan fingerprint density at radius 3 is 1.25 bits per heavy atom. The molecule has 1 saturated carbocycles. The van der Waals surface area contributed by atoms with Gasteiger partial charge in [-0.2, -0.15) is 0 Å². The molecule has 0 aromatic rings. The first-order valence-electron chi connectivity index (χ1n) is 11.7. The first-order chi connectivity index (χ1) is 15.2. The number of thiocarbonyl (C=S) groups is 1. The van der Waals surface area contributed by atoms with Crippen LogP contribution in [0.4, 0.5) is 0 Å². The van der Waals surface area contributed by atoms with Crippen LogP contribution in [0.3, 0.4) is 0 Å². The van der Waals surface area contributed by atoms with Crippen molar-refractivity contribution < 1.29 is 19.1 Å². The lowest BCUT2D eigenvalue weighted by atomic mass is 9.72. The standard InChI is InChI=1S/C24H40O4S4/c1-17(25)30-10-6-22-13-21(5-9-28-20(4)29)14-23(7-11-31-18(2)26)16-24(15-22)8-12-32-19(3)27/h21-24H,5-16H2,1-4H3/t21?,22-,23?,24?/m0/s1. The zero-order chi connectivity index (χ0) is 23.9. The fourth-order valence-electron chi connectivity index (χ4n) is 4.69. The van der Waals surface area contributed by atoms with Crippen LogP contribution in [0.25, 0.3) is 0 Å². The van der Waals surface area contributed by atoms with Crippen LogP contribution in [-0.4, -0.2) is 44.3 Å². The quantitative estimate of drug-likeness (QED) is 0.261. The lowest BCUT2D eigenvalue weighted by molar-refractivity contribution is -0.109. The van der Waals surface area contributed by atoms with E-state index >= 15 is 0 Å². The van der Waals surface area contributed by atoms with E-state index in [9.17, 15) is 14.4 Å². The molecular formula is C24H40O4S4. The summed E-state index contributed by atoms with van der Waals surface area (Å²) in [4.78, 5) is 34.2. The third-order valence-corrected chi connectivity index (χ3v) is 8.65. The van der Waals surface area contributed by atoms with Crippen LogP contribution in [-0.2, 0) is 19.1 Å². The van der Waals surface area contributed by atoms with E-state index in [4.69, 9.17) is 17.0 Å². The van der Waals surface area contributed by atoms with Gasteiger partial charge in [0, 0.05) is 45.0 Å². The molecular weight excluding hydrogens is 481 g/mol. The number of carbonyl (C=O) groups is 3. The van der Waals surface area contributed by atoms with Crippen LogP contribution in [0.2, 0.25) is 0 Å². The predicted octanol–water partition coefficient (Wildman–Crippen LogP) is 6.79. The van der Waals surface area contributed by atoms with Crippen molar-refractivity contribution in [2.75, 3.05) is 23.9 Å². The van der Waals surface area contributed by atoms with Crippen LogP contribution in [0.15, 0.2) is 0 Å². The molecule has 1 fully saturated rings. The van der Waals surface area contributed by atoms with Crippen molar-refractivity contribution in [1.82, 2.24) is 0 Å². The van der Waals surface area contributed by atoms with Crippen LogP contribution in [0.1, 0.15) is 79.1 Å². The van der Waals surface area contributed by atoms with Crippen molar-refractivity contribution in [3.63, 3.8) is 0 Å². The van der Waals surface area contributed by atoms with Crippen LogP contribution in [0, 0.1) is 23.7 Å². The summed E-state index contributed by atoms with van der Waals surface area (Å²) < 4.78 is 5.61. The Kier molecular flexibility index (Phi) is 16.3. The smallest absolute Gasteiger partial charge is 0.185 e. The predicted molar refractivity (Wildman–Crippen MR) is 145 cm³/mol. The molecule has 0 heterocycles. The van der Waals surface area contributed by atoms with E-state index in [1.807, 2.05) is 6.92 Å². The summed E-state index contributed by atoms with van der Waals surface area (Å²) in [5.41, 5.74) is 0. The maximum Gasteiger partial charge on any atom is 0.185 e. The molecule has 8 heteroatoms. The highest BCUT2D eigenvalue weighted by atomic mass is 32.2. The molecule has 0 N–H and O–H groups in total. The van der Waals surface area contributed by atoms with Gasteiger partial charge in [-0.25, -0.2) is 0 Å². The number of ether oxygens (including phenoxy) is 1. The van der Waals surface area contributed by atoms with Gasteiger partial charge in [-0.1, -0.05) is 35.3 Å². The van der Waals surface area contributed by atoms with Gasteiger partial charge in [-0.15, -0.1) is 0 Å². The Balaban J connectivity index is 2.83. The molecule has 0 radical (unpaired) electrons. The minimum atomic E-state index is 0.188. The number of hydrogen-bond donors (Lipinski definition) is 0. The van der Waals surface area contributed by atoms with Crippen molar-refractivity contribution >= 4 is 67.9 Å². The summed E-state index contributed by atoms with van der Waals surface area (Å²) in [5.74, 6) is 5.03. The van der Waals surface area contributed by atoms with E-state index < -0.39 is 0 Å². The molecule has 4 nitrogen and oxygen atoms in total. The molecule has 184 valence electrons. The van der Waals surface area contributed by atoms with Gasteiger partial charge in [0.1, 0.15) is 0 Å². The molecule has 32 heavy (non-hydrogen) atoms. The third-order valence-electron chi connectivity index (χ3n) is 5.99. The van der Waals surface area contributed by atoms with Crippen LogP contribution in [0.5, 0.6) is 0 Å². The molecule has 0 bridgehead atoms. The summed E-state index contributed by atoms with van der Waals surface area (Å²) >= 11 is 9.38. The topological polar surface area (TPSA) is 60.4 Å². The fourth-order valence-corrected chi connectivity index (χ4v) is 6.99. The minimum Gasteiger partial charge on any atom is -0.487 e. The second-order valence-corrected chi connectivity index (χ2v) is 13.3. The molecule has 0 aliphatic heterocycles. The third kappa shape index (κ3) is 15.7. The number of thioether (sulfide) groups is 3. The van der Waals surface area contributed by atoms with Gasteiger partial charge in [0.05, 0.1) is 6.61 Å². The molecule has 1 aliphatic rings. The van der Waals surface area contributed by atoms with Gasteiger partial charge in [0.15, 0.2) is 20.4 Å². The van der Waals surface area contributed by atoms with Crippen molar-refractivity contribution in [3.8, 4) is 0 Å². The van der Waals surface area contributed by atoms with Gasteiger partial charge in [-0.3, -0.25) is 14.4 Å². The van der Waals surface area contributed by atoms with Crippen molar-refractivity contribution in [2.24, 2.45) is 23.7 Å². The maximum absolute atomic E-state index is 11.4. The zero-order valence-electron chi connectivity index (χ0n) is 20.1. The minimum absolute atomic E-state index is 0.188. The largest absolute Gasteiger partial charge is 0.487 e. The first-order valence-corrected chi connectivity index (χ1v) is 15.1. The highest BCUT2D eigenvalue weighted by molar-refractivity contribution is 8.14. The molecule has 0 aromatic carbocycles. The van der Waals surface area contributed by atoms with Crippen molar-refractivity contribution in [3.05, 3.63) is 0 Å². The maximum atomic E-state index is 11.4. The number of carbonyl (C=O) groups excluding carboxylic acids is 3. The fraction of sp³-hybridized carbons (Fsp3) is 0.833. The van der Waals surface area contributed by atoms with Gasteiger partial charge in [-0.05, 0) is 87.3 Å². The first kappa shape index (κ1) is 30.0. The Bertz CT molecular complexity index is 499. The molecule has 4 atom stereocenters. The van der Waals surface area contributed by atoms with E-state index in [1.165, 1.54) is 35.3 Å². The van der Waals surface area contributed by atoms with Gasteiger partial charge >= 0.3 is 0 Å². The molecule has 1 rings (SSSR count). The van der Waals surface area contributed by atoms with E-state index in [2.05, 4.69) is 0 Å². The Hall–Kier alpha value is -0.0500. The summed E-state index contributed by atoms with van der Waals surface area (Å²) in [6.07, 6.45) is 8.84. The lowest BCUT2D eigenvalue weighted by Gasteiger charge is -2.35. The summed E-state index contributed by atoms with van der Waals surface area (Å²) in [7, 11) is 0. The monoisotopic (exact) mass is 520 g/mol. The highest BCUT2D eigenvalue weighted by Gasteiger charge is 2.29. The van der Waals surface area contributed by atoms with Gasteiger partial charge in [0.2, 0.25) is 0 Å². The number of rotatable bonds is 12. The summed E-state index contributed by atoms with van der Waals surface area (Å²) in [5, 5.41) is 1.17. The second kappa shape index (κ2) is 17.4. The lowest BCUT2D eigenvalue weighted by Crippen LogP contribution is -2.25. The van der Waals surface area contributed by atoms with E-state index in [0.717, 1.165) is 68.6 Å². The molecule has 0 amide bonds. The summed E-state index contributed by atoms with van der Waals surface area (Å²) in [6, 6.07) is 0. The molecule has 3 unspecified atom stereocenters. The SMILES string of the molecule is CC(=O)SCCC1CC(CCOC(C)=S)C[C@H](CCSC(C)=O)CC(CCSC(C)=O)C1. The Labute approximate surface area is 212 Å². The normalized spacial score (nSPS) is 23.8.